The highest BCUT2D eigenvalue weighted by Gasteiger charge is 2.32. The predicted molar refractivity (Wildman–Crippen MR) is 77.6 cm³/mol. The molecular weight excluding hydrogens is 318 g/mol. The minimum absolute atomic E-state index is 0.0369. The Balaban J connectivity index is 1.94. The van der Waals surface area contributed by atoms with Gasteiger partial charge in [0.25, 0.3) is 0 Å². The van der Waals surface area contributed by atoms with Gasteiger partial charge in [0.2, 0.25) is 0 Å². The molecule has 0 bridgehead atoms. The van der Waals surface area contributed by atoms with Crippen LogP contribution in [0.5, 0.6) is 0 Å². The summed E-state index contributed by atoms with van der Waals surface area (Å²) >= 11 is 5.81. The van der Waals surface area contributed by atoms with Crippen LogP contribution in [-0.4, -0.2) is 6.54 Å². The lowest BCUT2D eigenvalue weighted by Gasteiger charge is -2.31. The molecule has 22 heavy (non-hydrogen) atoms. The molecule has 0 saturated heterocycles. The minimum atomic E-state index is -4.44. The van der Waals surface area contributed by atoms with E-state index in [1.807, 2.05) is 0 Å². The van der Waals surface area contributed by atoms with E-state index in [0.717, 1.165) is 23.3 Å². The molecule has 1 aliphatic heterocycles. The van der Waals surface area contributed by atoms with Crippen LogP contribution in [0.4, 0.5) is 23.2 Å². The van der Waals surface area contributed by atoms with Crippen molar-refractivity contribution in [2.24, 2.45) is 0 Å². The highest BCUT2D eigenvalue weighted by atomic mass is 35.5. The lowest BCUT2D eigenvalue weighted by Crippen LogP contribution is -2.30. The molecule has 1 heterocycles. The Morgan fingerprint density at radius 3 is 2.50 bits per heavy atom. The number of fused-ring (bicyclic) bond motifs is 1. The van der Waals surface area contributed by atoms with Gasteiger partial charge in [-0.3, -0.25) is 0 Å². The molecule has 3 rings (SSSR count). The summed E-state index contributed by atoms with van der Waals surface area (Å²) < 4.78 is 52.0. The third kappa shape index (κ3) is 3.04. The van der Waals surface area contributed by atoms with Gasteiger partial charge in [-0.05, 0) is 47.9 Å². The smallest absolute Gasteiger partial charge is 0.367 e. The second kappa shape index (κ2) is 5.47. The molecule has 6 heteroatoms. The first-order chi connectivity index (χ1) is 10.3. The van der Waals surface area contributed by atoms with E-state index in [4.69, 9.17) is 11.6 Å². The molecule has 1 aliphatic rings. The van der Waals surface area contributed by atoms with Crippen LogP contribution in [0.15, 0.2) is 36.4 Å². The second-order valence-corrected chi connectivity index (χ2v) is 5.72. The average molecular weight is 330 g/mol. The number of benzene rings is 2. The van der Waals surface area contributed by atoms with Crippen LogP contribution < -0.4 is 4.90 Å². The lowest BCUT2D eigenvalue weighted by molar-refractivity contribution is -0.137. The molecule has 0 radical (unpaired) electrons. The Hall–Kier alpha value is -1.75. The molecule has 1 nitrogen and oxygen atoms in total. The molecular formula is C16H12ClF4N. The van der Waals surface area contributed by atoms with Gasteiger partial charge in [-0.25, -0.2) is 4.39 Å². The third-order valence-electron chi connectivity index (χ3n) is 3.76. The number of alkyl halides is 3. The van der Waals surface area contributed by atoms with Crippen molar-refractivity contribution in [1.29, 1.82) is 0 Å². The Morgan fingerprint density at radius 2 is 1.77 bits per heavy atom. The molecule has 0 saturated carbocycles. The van der Waals surface area contributed by atoms with E-state index < -0.39 is 11.7 Å². The summed E-state index contributed by atoms with van der Waals surface area (Å²) in [7, 11) is 0. The summed E-state index contributed by atoms with van der Waals surface area (Å²) in [6, 6.07) is 8.04. The van der Waals surface area contributed by atoms with E-state index in [0.29, 0.717) is 25.2 Å². The third-order valence-corrected chi connectivity index (χ3v) is 3.97. The Labute approximate surface area is 130 Å². The molecule has 0 amide bonds. The molecule has 0 unspecified atom stereocenters. The van der Waals surface area contributed by atoms with E-state index in [9.17, 15) is 17.6 Å². The van der Waals surface area contributed by atoms with Gasteiger partial charge >= 0.3 is 6.18 Å². The van der Waals surface area contributed by atoms with Gasteiger partial charge in [-0.1, -0.05) is 17.7 Å². The molecule has 0 spiro atoms. The normalized spacial score (nSPS) is 14.9. The number of anilines is 1. The van der Waals surface area contributed by atoms with Gasteiger partial charge in [0, 0.05) is 23.8 Å². The maximum absolute atomic E-state index is 13.3. The number of hydrogen-bond donors (Lipinski definition) is 0. The number of halogens is 5. The Kier molecular flexibility index (Phi) is 3.77. The zero-order chi connectivity index (χ0) is 15.9. The van der Waals surface area contributed by atoms with Gasteiger partial charge in [0.15, 0.2) is 0 Å². The fourth-order valence-electron chi connectivity index (χ4n) is 2.67. The summed E-state index contributed by atoms with van der Waals surface area (Å²) in [5.41, 5.74) is 1.44. The molecule has 116 valence electrons. The largest absolute Gasteiger partial charge is 0.416 e. The maximum Gasteiger partial charge on any atom is 0.416 e. The molecule has 2 aromatic carbocycles. The van der Waals surface area contributed by atoms with Crippen molar-refractivity contribution >= 4 is 17.3 Å². The van der Waals surface area contributed by atoms with E-state index in [2.05, 4.69) is 0 Å². The fourth-order valence-corrected chi connectivity index (χ4v) is 2.90. The van der Waals surface area contributed by atoms with Crippen molar-refractivity contribution < 1.29 is 17.6 Å². The standard InChI is InChI=1S/C16H12ClF4N/c17-13-6-12(16(19,20)21)7-15(8-13)22-4-3-10-1-2-14(18)5-11(10)9-22/h1-2,5-8H,3-4,9H2. The summed E-state index contributed by atoms with van der Waals surface area (Å²) in [4.78, 5) is 1.78. The first kappa shape index (κ1) is 15.2. The van der Waals surface area contributed by atoms with Crippen LogP contribution in [0.1, 0.15) is 16.7 Å². The predicted octanol–water partition coefficient (Wildman–Crippen LogP) is 5.06. The van der Waals surface area contributed by atoms with E-state index in [-0.39, 0.29) is 10.8 Å². The summed E-state index contributed by atoms with van der Waals surface area (Å²) in [6.45, 7) is 0.932. The molecule has 0 fully saturated rings. The van der Waals surface area contributed by atoms with Gasteiger partial charge in [0.05, 0.1) is 5.56 Å². The summed E-state index contributed by atoms with van der Waals surface area (Å²) in [5, 5.41) is 0.0369. The molecule has 0 aromatic heterocycles. The lowest BCUT2D eigenvalue weighted by atomic mass is 9.99. The van der Waals surface area contributed by atoms with Crippen LogP contribution >= 0.6 is 11.6 Å². The van der Waals surface area contributed by atoms with Crippen molar-refractivity contribution in [3.63, 3.8) is 0 Å². The zero-order valence-corrected chi connectivity index (χ0v) is 12.2. The van der Waals surface area contributed by atoms with Crippen molar-refractivity contribution in [3.8, 4) is 0 Å². The van der Waals surface area contributed by atoms with Crippen molar-refractivity contribution in [3.05, 3.63) is 63.9 Å². The fraction of sp³-hybridized carbons (Fsp3) is 0.250. The van der Waals surface area contributed by atoms with Crippen LogP contribution in [-0.2, 0) is 19.1 Å². The van der Waals surface area contributed by atoms with Crippen molar-refractivity contribution in [1.82, 2.24) is 0 Å². The number of hydrogen-bond acceptors (Lipinski definition) is 1. The van der Waals surface area contributed by atoms with Crippen molar-refractivity contribution in [2.45, 2.75) is 19.1 Å². The molecule has 0 N–H and O–H groups in total. The first-order valence-electron chi connectivity index (χ1n) is 6.73. The first-order valence-corrected chi connectivity index (χ1v) is 7.11. The van der Waals surface area contributed by atoms with Gasteiger partial charge in [0.1, 0.15) is 5.82 Å². The van der Waals surface area contributed by atoms with Crippen LogP contribution in [0.25, 0.3) is 0 Å². The molecule has 0 atom stereocenters. The zero-order valence-electron chi connectivity index (χ0n) is 11.4. The van der Waals surface area contributed by atoms with E-state index >= 15 is 0 Å². The van der Waals surface area contributed by atoms with Crippen molar-refractivity contribution in [2.75, 3.05) is 11.4 Å². The van der Waals surface area contributed by atoms with Gasteiger partial charge < -0.3 is 4.90 Å². The topological polar surface area (TPSA) is 3.24 Å². The van der Waals surface area contributed by atoms with Gasteiger partial charge in [-0.2, -0.15) is 13.2 Å². The highest BCUT2D eigenvalue weighted by molar-refractivity contribution is 6.31. The average Bonchev–Trinajstić information content (AvgIpc) is 2.45. The Bertz CT molecular complexity index is 712. The van der Waals surface area contributed by atoms with E-state index in [1.54, 1.807) is 11.0 Å². The van der Waals surface area contributed by atoms with Crippen LogP contribution in [0, 0.1) is 5.82 Å². The summed E-state index contributed by atoms with van der Waals surface area (Å²) in [6.07, 6.45) is -3.79. The molecule has 2 aromatic rings. The van der Waals surface area contributed by atoms with Crippen LogP contribution in [0.2, 0.25) is 5.02 Å². The monoisotopic (exact) mass is 329 g/mol. The second-order valence-electron chi connectivity index (χ2n) is 5.28. The number of rotatable bonds is 1. The van der Waals surface area contributed by atoms with Crippen LogP contribution in [0.3, 0.4) is 0 Å². The SMILES string of the molecule is Fc1ccc2c(c1)CN(c1cc(Cl)cc(C(F)(F)F)c1)CC2. The molecule has 0 aliphatic carbocycles. The highest BCUT2D eigenvalue weighted by Crippen LogP contribution is 2.35. The van der Waals surface area contributed by atoms with Gasteiger partial charge in [-0.15, -0.1) is 0 Å². The maximum atomic E-state index is 13.3. The minimum Gasteiger partial charge on any atom is -0.367 e. The number of nitrogens with zero attached hydrogens (tertiary/aromatic N) is 1. The quantitative estimate of drug-likeness (QED) is 0.661. The summed E-state index contributed by atoms with van der Waals surface area (Å²) in [5.74, 6) is -0.345. The van der Waals surface area contributed by atoms with E-state index in [1.165, 1.54) is 18.2 Å². The Morgan fingerprint density at radius 1 is 1.00 bits per heavy atom.